The molecule has 10 heteroatoms. The summed E-state index contributed by atoms with van der Waals surface area (Å²) in [5, 5.41) is 24.0. The third-order valence-corrected chi connectivity index (χ3v) is 6.57. The smallest absolute Gasteiger partial charge is 0.407 e. The second-order valence-electron chi connectivity index (χ2n) is 12.4. The molecule has 0 unspecified atom stereocenters. The van der Waals surface area contributed by atoms with Gasteiger partial charge in [0.1, 0.15) is 11.2 Å². The highest BCUT2D eigenvalue weighted by Gasteiger charge is 2.32. The van der Waals surface area contributed by atoms with Gasteiger partial charge in [0, 0.05) is 12.1 Å². The molecule has 0 aliphatic heterocycles. The Morgan fingerprint density at radius 1 is 0.553 bits per heavy atom. The summed E-state index contributed by atoms with van der Waals surface area (Å²) in [6.07, 6.45) is 9.65. The Balaban J connectivity index is 0.000000380. The van der Waals surface area contributed by atoms with E-state index in [0.717, 1.165) is 51.4 Å². The summed E-state index contributed by atoms with van der Waals surface area (Å²) in [5.74, 6) is -2.67. The Hall–Kier alpha value is -2.52. The van der Waals surface area contributed by atoms with E-state index >= 15 is 0 Å². The average molecular weight is 543 g/mol. The molecule has 38 heavy (non-hydrogen) atoms. The third kappa shape index (κ3) is 14.4. The van der Waals surface area contributed by atoms with Crippen LogP contribution in [0.5, 0.6) is 0 Å². The Morgan fingerprint density at radius 3 is 1.11 bits per heavy atom. The van der Waals surface area contributed by atoms with Crippen molar-refractivity contribution < 1.29 is 38.9 Å². The third-order valence-electron chi connectivity index (χ3n) is 6.57. The molecule has 2 aliphatic carbocycles. The first-order chi connectivity index (χ1) is 17.6. The van der Waals surface area contributed by atoms with E-state index in [2.05, 4.69) is 10.6 Å². The van der Waals surface area contributed by atoms with E-state index in [4.69, 9.17) is 9.47 Å². The molecule has 0 radical (unpaired) electrons. The number of nitrogens with one attached hydrogen (secondary N) is 2. The van der Waals surface area contributed by atoms with Crippen LogP contribution in [0, 0.1) is 11.8 Å². The maximum Gasteiger partial charge on any atom is 0.407 e. The van der Waals surface area contributed by atoms with Crippen molar-refractivity contribution in [2.75, 3.05) is 0 Å². The van der Waals surface area contributed by atoms with Crippen molar-refractivity contribution in [3.8, 4) is 0 Å². The van der Waals surface area contributed by atoms with Crippen LogP contribution < -0.4 is 10.6 Å². The zero-order valence-electron chi connectivity index (χ0n) is 24.1. The van der Waals surface area contributed by atoms with E-state index in [-0.39, 0.29) is 12.1 Å². The lowest BCUT2D eigenvalue weighted by Crippen LogP contribution is -2.45. The Morgan fingerprint density at radius 2 is 0.842 bits per heavy atom. The largest absolute Gasteiger partial charge is 0.481 e. The number of amides is 2. The molecule has 220 valence electrons. The molecule has 0 aromatic heterocycles. The Labute approximate surface area is 227 Å². The van der Waals surface area contributed by atoms with Crippen molar-refractivity contribution in [2.45, 2.75) is 142 Å². The van der Waals surface area contributed by atoms with Gasteiger partial charge >= 0.3 is 24.1 Å². The fourth-order valence-electron chi connectivity index (χ4n) is 4.82. The van der Waals surface area contributed by atoms with Gasteiger partial charge in [-0.25, -0.2) is 9.59 Å². The van der Waals surface area contributed by atoms with Crippen LogP contribution in [-0.2, 0) is 19.1 Å². The number of carbonyl (C=O) groups is 4. The van der Waals surface area contributed by atoms with E-state index < -0.39 is 47.2 Å². The van der Waals surface area contributed by atoms with Gasteiger partial charge in [0.05, 0.1) is 11.8 Å². The SMILES string of the molecule is CC(C)(C)OC(=O)N[C@@H]1CCCCCC[C@@H]1C(=O)O.CC(C)(C)OC(=O)N[C@H]1CCCCCC[C@H]1C(=O)O. The van der Waals surface area contributed by atoms with Crippen molar-refractivity contribution in [3.05, 3.63) is 0 Å². The predicted octanol–water partition coefficient (Wildman–Crippen LogP) is 5.87. The van der Waals surface area contributed by atoms with Gasteiger partial charge in [-0.3, -0.25) is 9.59 Å². The Bertz CT molecular complexity index is 708. The molecule has 0 spiro atoms. The van der Waals surface area contributed by atoms with Crippen LogP contribution in [-0.4, -0.2) is 57.6 Å². The number of carboxylic acids is 2. The summed E-state index contributed by atoms with van der Waals surface area (Å²) in [6.45, 7) is 10.7. The van der Waals surface area contributed by atoms with Crippen LogP contribution in [0.4, 0.5) is 9.59 Å². The van der Waals surface area contributed by atoms with Crippen molar-refractivity contribution in [2.24, 2.45) is 11.8 Å². The first-order valence-electron chi connectivity index (χ1n) is 14.0. The molecule has 0 aromatic rings. The van der Waals surface area contributed by atoms with Crippen molar-refractivity contribution in [1.29, 1.82) is 0 Å². The van der Waals surface area contributed by atoms with E-state index in [1.165, 1.54) is 0 Å². The zero-order chi connectivity index (χ0) is 28.9. The van der Waals surface area contributed by atoms with E-state index in [9.17, 15) is 29.4 Å². The quantitative estimate of drug-likeness (QED) is 0.344. The van der Waals surface area contributed by atoms with Gasteiger partial charge in [0.25, 0.3) is 0 Å². The van der Waals surface area contributed by atoms with E-state index in [1.54, 1.807) is 41.5 Å². The minimum Gasteiger partial charge on any atom is -0.481 e. The van der Waals surface area contributed by atoms with Gasteiger partial charge in [-0.1, -0.05) is 51.4 Å². The molecule has 0 aromatic carbocycles. The van der Waals surface area contributed by atoms with E-state index in [0.29, 0.717) is 25.7 Å². The standard InChI is InChI=1S/2C14H25NO4/c2*1-14(2,3)19-13(18)15-11-9-7-5-4-6-8-10(11)12(16)17/h2*10-11H,4-9H2,1-3H3,(H,15,18)(H,16,17)/t2*10-,11+/m10/s1. The summed E-state index contributed by atoms with van der Waals surface area (Å²) >= 11 is 0. The highest BCUT2D eigenvalue weighted by atomic mass is 16.6. The molecule has 2 fully saturated rings. The maximum absolute atomic E-state index is 11.8. The normalized spacial score (nSPS) is 25.0. The number of hydrogen-bond donors (Lipinski definition) is 4. The first kappa shape index (κ1) is 33.5. The summed E-state index contributed by atoms with van der Waals surface area (Å²) in [5.41, 5.74) is -1.13. The fourth-order valence-corrected chi connectivity index (χ4v) is 4.82. The molecule has 0 heterocycles. The Kier molecular flexibility index (Phi) is 13.9. The van der Waals surface area contributed by atoms with Crippen molar-refractivity contribution in [1.82, 2.24) is 10.6 Å². The number of carbonyl (C=O) groups excluding carboxylic acids is 2. The molecule has 2 rings (SSSR count). The van der Waals surface area contributed by atoms with Crippen LogP contribution in [0.3, 0.4) is 0 Å². The molecule has 2 aliphatic rings. The van der Waals surface area contributed by atoms with Gasteiger partial charge in [-0.05, 0) is 67.2 Å². The highest BCUT2D eigenvalue weighted by molar-refractivity contribution is 5.74. The van der Waals surface area contributed by atoms with E-state index in [1.807, 2.05) is 0 Å². The van der Waals surface area contributed by atoms with Crippen LogP contribution in [0.25, 0.3) is 0 Å². The average Bonchev–Trinajstić information content (AvgIpc) is 2.69. The summed E-state index contributed by atoms with van der Waals surface area (Å²) < 4.78 is 10.4. The lowest BCUT2D eigenvalue weighted by molar-refractivity contribution is -0.144. The molecular formula is C28H50N2O8. The first-order valence-corrected chi connectivity index (χ1v) is 14.0. The van der Waals surface area contributed by atoms with Gasteiger partial charge in [0.2, 0.25) is 0 Å². The molecule has 0 saturated heterocycles. The number of ether oxygens (including phenoxy) is 2. The monoisotopic (exact) mass is 542 g/mol. The summed E-state index contributed by atoms with van der Waals surface area (Å²) in [7, 11) is 0. The maximum atomic E-state index is 11.8. The molecule has 10 nitrogen and oxygen atoms in total. The van der Waals surface area contributed by atoms with Gasteiger partial charge in [-0.15, -0.1) is 0 Å². The molecule has 2 saturated carbocycles. The van der Waals surface area contributed by atoms with Crippen molar-refractivity contribution >= 4 is 24.1 Å². The zero-order valence-corrected chi connectivity index (χ0v) is 24.1. The van der Waals surface area contributed by atoms with Crippen LogP contribution >= 0.6 is 0 Å². The number of rotatable bonds is 4. The highest BCUT2D eigenvalue weighted by Crippen LogP contribution is 2.25. The minimum absolute atomic E-state index is 0.326. The van der Waals surface area contributed by atoms with Gasteiger partial charge in [0.15, 0.2) is 0 Å². The molecule has 4 atom stereocenters. The molecule has 0 bridgehead atoms. The summed E-state index contributed by atoms with van der Waals surface area (Å²) in [6, 6.07) is -0.653. The van der Waals surface area contributed by atoms with Crippen LogP contribution in [0.15, 0.2) is 0 Å². The van der Waals surface area contributed by atoms with Crippen molar-refractivity contribution in [3.63, 3.8) is 0 Å². The van der Waals surface area contributed by atoms with Gasteiger partial charge in [-0.2, -0.15) is 0 Å². The number of carboxylic acid groups (broad SMARTS) is 2. The fraction of sp³-hybridized carbons (Fsp3) is 0.857. The molecular weight excluding hydrogens is 492 g/mol. The lowest BCUT2D eigenvalue weighted by atomic mass is 9.87. The summed E-state index contributed by atoms with van der Waals surface area (Å²) in [4.78, 5) is 46.1. The molecule has 2 amide bonds. The topological polar surface area (TPSA) is 151 Å². The number of alkyl carbamates (subject to hydrolysis) is 2. The second-order valence-corrected chi connectivity index (χ2v) is 12.4. The van der Waals surface area contributed by atoms with Gasteiger partial charge < -0.3 is 30.3 Å². The van der Waals surface area contributed by atoms with Crippen LogP contribution in [0.1, 0.15) is 119 Å². The minimum atomic E-state index is -0.831. The van der Waals surface area contributed by atoms with Crippen LogP contribution in [0.2, 0.25) is 0 Å². The lowest BCUT2D eigenvalue weighted by Gasteiger charge is -2.28. The second kappa shape index (κ2) is 15.8. The predicted molar refractivity (Wildman–Crippen MR) is 144 cm³/mol. The number of aliphatic carboxylic acids is 2. The molecule has 4 N–H and O–H groups in total. The number of hydrogen-bond acceptors (Lipinski definition) is 6.